The Bertz CT molecular complexity index is 1220. The number of carbonyl (C=O) groups excluding carboxylic acids is 5. The van der Waals surface area contributed by atoms with E-state index in [1.54, 1.807) is 42.5 Å². The van der Waals surface area contributed by atoms with Crippen LogP contribution in [0.3, 0.4) is 0 Å². The van der Waals surface area contributed by atoms with E-state index in [1.807, 2.05) is 32.0 Å². The molecule has 12 nitrogen and oxygen atoms in total. The van der Waals surface area contributed by atoms with E-state index >= 15 is 0 Å². The van der Waals surface area contributed by atoms with Gasteiger partial charge in [-0.25, -0.2) is 4.79 Å². The van der Waals surface area contributed by atoms with Crippen LogP contribution in [0.5, 0.6) is 0 Å². The molecule has 0 aliphatic carbocycles. The van der Waals surface area contributed by atoms with Gasteiger partial charge in [-0.05, 0) is 23.5 Å². The Morgan fingerprint density at radius 2 is 1.14 bits per heavy atom. The molecule has 0 unspecified atom stereocenters. The molecule has 226 valence electrons. The summed E-state index contributed by atoms with van der Waals surface area (Å²) in [5, 5.41) is 22.0. The molecule has 2 aromatic carbocycles. The lowest BCUT2D eigenvalue weighted by Crippen LogP contribution is -2.54. The van der Waals surface area contributed by atoms with Crippen molar-refractivity contribution >= 4 is 35.5 Å². The van der Waals surface area contributed by atoms with Gasteiger partial charge in [-0.2, -0.15) is 0 Å². The topological polar surface area (TPSA) is 183 Å². The normalized spacial score (nSPS) is 12.8. The molecule has 5 amide bonds. The molecule has 3 atom stereocenters. The van der Waals surface area contributed by atoms with Gasteiger partial charge in [0.05, 0.1) is 13.1 Å². The second-order valence-corrected chi connectivity index (χ2v) is 10.3. The lowest BCUT2D eigenvalue weighted by Gasteiger charge is -2.22. The average Bonchev–Trinajstić information content (AvgIpc) is 2.94. The van der Waals surface area contributed by atoms with Crippen LogP contribution in [0.25, 0.3) is 0 Å². The summed E-state index contributed by atoms with van der Waals surface area (Å²) in [6.45, 7) is 4.02. The van der Waals surface area contributed by atoms with Crippen molar-refractivity contribution in [1.82, 2.24) is 26.6 Å². The Balaban J connectivity index is 1.94. The maximum atomic E-state index is 13.0. The van der Waals surface area contributed by atoms with E-state index in [-0.39, 0.29) is 25.2 Å². The highest BCUT2D eigenvalue weighted by molar-refractivity contribution is 5.93. The van der Waals surface area contributed by atoms with Gasteiger partial charge in [0, 0.05) is 19.8 Å². The molecule has 0 radical (unpaired) electrons. The Kier molecular flexibility index (Phi) is 13.7. The van der Waals surface area contributed by atoms with Gasteiger partial charge < -0.3 is 31.7 Å². The third-order valence-electron chi connectivity index (χ3n) is 6.10. The molecule has 0 aliphatic heterocycles. The number of benzene rings is 2. The summed E-state index contributed by atoms with van der Waals surface area (Å²) in [6.07, 6.45) is 0.534. The molecule has 0 heterocycles. The zero-order valence-corrected chi connectivity index (χ0v) is 24.0. The Morgan fingerprint density at radius 3 is 1.62 bits per heavy atom. The monoisotopic (exact) mass is 581 g/mol. The molecule has 0 aliphatic rings. The standard InChI is InChI=1S/C30H39N5O7/c1-19(2)14-25(30(41)42)35-29(40)24(16-22-12-8-5-9-13-22)34-27(38)18-31-26(37)17-32-28(39)23(33-20(3)36)15-21-10-6-4-7-11-21/h4-13,19,23-25H,14-18H2,1-3H3,(H,31,37)(H,32,39)(H,33,36)(H,34,38)(H,35,40)(H,41,42)/t23-,24-,25-/m0/s1. The van der Waals surface area contributed by atoms with Crippen LogP contribution in [-0.2, 0) is 41.6 Å². The number of carboxylic acids is 1. The van der Waals surface area contributed by atoms with Crippen molar-refractivity contribution in [1.29, 1.82) is 0 Å². The molecule has 2 rings (SSSR count). The molecular weight excluding hydrogens is 542 g/mol. The zero-order chi connectivity index (χ0) is 31.1. The lowest BCUT2D eigenvalue weighted by atomic mass is 10.0. The largest absolute Gasteiger partial charge is 0.480 e. The number of carbonyl (C=O) groups is 6. The van der Waals surface area contributed by atoms with Gasteiger partial charge in [-0.3, -0.25) is 24.0 Å². The van der Waals surface area contributed by atoms with E-state index in [9.17, 15) is 33.9 Å². The maximum Gasteiger partial charge on any atom is 0.326 e. The third kappa shape index (κ3) is 12.6. The molecule has 12 heteroatoms. The molecule has 0 bridgehead atoms. The lowest BCUT2D eigenvalue weighted by molar-refractivity contribution is -0.142. The quantitative estimate of drug-likeness (QED) is 0.165. The first-order valence-corrected chi connectivity index (χ1v) is 13.7. The van der Waals surface area contributed by atoms with Crippen molar-refractivity contribution in [3.8, 4) is 0 Å². The van der Waals surface area contributed by atoms with Crippen LogP contribution < -0.4 is 26.6 Å². The number of aliphatic carboxylic acids is 1. The fraction of sp³-hybridized carbons (Fsp3) is 0.400. The first-order valence-electron chi connectivity index (χ1n) is 13.7. The van der Waals surface area contributed by atoms with E-state index in [0.717, 1.165) is 11.1 Å². The average molecular weight is 582 g/mol. The van der Waals surface area contributed by atoms with Gasteiger partial charge in [0.15, 0.2) is 0 Å². The van der Waals surface area contributed by atoms with Crippen molar-refractivity contribution in [3.63, 3.8) is 0 Å². The molecular formula is C30H39N5O7. The molecule has 0 spiro atoms. The number of hydrogen-bond donors (Lipinski definition) is 6. The first kappa shape index (κ1) is 33.5. The van der Waals surface area contributed by atoms with Crippen LogP contribution in [0.2, 0.25) is 0 Å². The second-order valence-electron chi connectivity index (χ2n) is 10.3. The van der Waals surface area contributed by atoms with Crippen molar-refractivity contribution in [3.05, 3.63) is 71.8 Å². The first-order chi connectivity index (χ1) is 19.9. The van der Waals surface area contributed by atoms with Gasteiger partial charge in [-0.1, -0.05) is 74.5 Å². The molecule has 2 aromatic rings. The number of rotatable bonds is 16. The maximum absolute atomic E-state index is 13.0. The minimum atomic E-state index is -1.18. The van der Waals surface area contributed by atoms with Crippen LogP contribution in [-0.4, -0.2) is 71.8 Å². The van der Waals surface area contributed by atoms with Crippen LogP contribution in [0.1, 0.15) is 38.3 Å². The summed E-state index contributed by atoms with van der Waals surface area (Å²) in [6, 6.07) is 14.8. The van der Waals surface area contributed by atoms with Crippen LogP contribution in [0.4, 0.5) is 0 Å². The molecule has 0 saturated carbocycles. The summed E-state index contributed by atoms with van der Waals surface area (Å²) < 4.78 is 0. The van der Waals surface area contributed by atoms with Crippen LogP contribution >= 0.6 is 0 Å². The predicted molar refractivity (Wildman–Crippen MR) is 155 cm³/mol. The van der Waals surface area contributed by atoms with Crippen LogP contribution in [0.15, 0.2) is 60.7 Å². The number of carboxylic acid groups (broad SMARTS) is 1. The molecule has 6 N–H and O–H groups in total. The highest BCUT2D eigenvalue weighted by atomic mass is 16.4. The van der Waals surface area contributed by atoms with E-state index < -0.39 is 66.7 Å². The fourth-order valence-electron chi connectivity index (χ4n) is 4.11. The van der Waals surface area contributed by atoms with E-state index in [1.165, 1.54) is 6.92 Å². The SMILES string of the molecule is CC(=O)N[C@@H](Cc1ccccc1)C(=O)NCC(=O)NCC(=O)N[C@@H](Cc1ccccc1)C(=O)N[C@@H](CC(C)C)C(=O)O. The minimum Gasteiger partial charge on any atom is -0.480 e. The van der Waals surface area contributed by atoms with Crippen molar-refractivity contribution in [2.75, 3.05) is 13.1 Å². The summed E-state index contributed by atoms with van der Waals surface area (Å²) in [5.41, 5.74) is 1.56. The molecule has 0 aromatic heterocycles. The van der Waals surface area contributed by atoms with E-state index in [4.69, 9.17) is 0 Å². The van der Waals surface area contributed by atoms with Gasteiger partial charge in [0.1, 0.15) is 18.1 Å². The number of hydrogen-bond acceptors (Lipinski definition) is 6. The number of amides is 5. The summed E-state index contributed by atoms with van der Waals surface area (Å²) in [7, 11) is 0. The predicted octanol–water partition coefficient (Wildman–Crippen LogP) is 0.309. The summed E-state index contributed by atoms with van der Waals surface area (Å²) in [5.74, 6) is -4.14. The van der Waals surface area contributed by atoms with E-state index in [2.05, 4.69) is 26.6 Å². The summed E-state index contributed by atoms with van der Waals surface area (Å²) >= 11 is 0. The highest BCUT2D eigenvalue weighted by Crippen LogP contribution is 2.08. The van der Waals surface area contributed by atoms with Crippen molar-refractivity contribution in [2.24, 2.45) is 5.92 Å². The van der Waals surface area contributed by atoms with E-state index in [0.29, 0.717) is 0 Å². The van der Waals surface area contributed by atoms with Gasteiger partial charge in [-0.15, -0.1) is 0 Å². The highest BCUT2D eigenvalue weighted by Gasteiger charge is 2.27. The summed E-state index contributed by atoms with van der Waals surface area (Å²) in [4.78, 5) is 73.9. The smallest absolute Gasteiger partial charge is 0.326 e. The van der Waals surface area contributed by atoms with Crippen molar-refractivity contribution in [2.45, 2.75) is 58.2 Å². The molecule has 0 saturated heterocycles. The Morgan fingerprint density at radius 1 is 0.643 bits per heavy atom. The Hall–Kier alpha value is -4.74. The fourth-order valence-corrected chi connectivity index (χ4v) is 4.11. The van der Waals surface area contributed by atoms with Gasteiger partial charge in [0.2, 0.25) is 29.5 Å². The van der Waals surface area contributed by atoms with Gasteiger partial charge in [0.25, 0.3) is 0 Å². The Labute approximate surface area is 245 Å². The zero-order valence-electron chi connectivity index (χ0n) is 24.0. The molecule has 42 heavy (non-hydrogen) atoms. The number of nitrogens with one attached hydrogen (secondary N) is 5. The second kappa shape index (κ2) is 17.2. The molecule has 0 fully saturated rings. The van der Waals surface area contributed by atoms with Crippen LogP contribution in [0, 0.1) is 5.92 Å². The van der Waals surface area contributed by atoms with Gasteiger partial charge >= 0.3 is 5.97 Å². The minimum absolute atomic E-state index is 0.0103. The van der Waals surface area contributed by atoms with Crippen molar-refractivity contribution < 1.29 is 33.9 Å². The third-order valence-corrected chi connectivity index (χ3v) is 6.10.